The Morgan fingerprint density at radius 2 is 1.68 bits per heavy atom. The summed E-state index contributed by atoms with van der Waals surface area (Å²) in [6, 6.07) is 0.574. The van der Waals surface area contributed by atoms with Crippen LogP contribution in [-0.2, 0) is 0 Å². The number of aliphatic hydroxyl groups is 1. The predicted molar refractivity (Wildman–Crippen MR) is 66.0 cm³/mol. The molecular formula is C12H22F3N3O. The van der Waals surface area contributed by atoms with Crippen molar-refractivity contribution in [1.29, 1.82) is 0 Å². The fourth-order valence-electron chi connectivity index (χ4n) is 2.44. The number of aliphatic hydroxyl groups excluding tert-OH is 1. The molecule has 0 bridgehead atoms. The van der Waals surface area contributed by atoms with E-state index in [1.807, 2.05) is 0 Å². The molecule has 1 saturated heterocycles. The van der Waals surface area contributed by atoms with Crippen molar-refractivity contribution in [1.82, 2.24) is 15.1 Å². The van der Waals surface area contributed by atoms with E-state index >= 15 is 0 Å². The Bertz CT molecular complexity index is 276. The summed E-state index contributed by atoms with van der Waals surface area (Å²) in [5.74, 6) is 0. The minimum absolute atomic E-state index is 0.0432. The molecule has 1 aliphatic heterocycles. The first-order chi connectivity index (χ1) is 8.96. The van der Waals surface area contributed by atoms with Crippen molar-refractivity contribution < 1.29 is 18.3 Å². The van der Waals surface area contributed by atoms with Crippen LogP contribution < -0.4 is 5.32 Å². The first-order valence-corrected chi connectivity index (χ1v) is 6.84. The van der Waals surface area contributed by atoms with Crippen LogP contribution in [0.15, 0.2) is 0 Å². The molecular weight excluding hydrogens is 259 g/mol. The Morgan fingerprint density at radius 1 is 1.11 bits per heavy atom. The van der Waals surface area contributed by atoms with Crippen LogP contribution in [0.4, 0.5) is 13.2 Å². The largest absolute Gasteiger partial charge is 0.401 e. The van der Waals surface area contributed by atoms with Gasteiger partial charge in [-0.25, -0.2) is 0 Å². The summed E-state index contributed by atoms with van der Waals surface area (Å²) in [6.07, 6.45) is -1.78. The third-order valence-corrected chi connectivity index (χ3v) is 3.62. The van der Waals surface area contributed by atoms with Crippen LogP contribution in [0, 0.1) is 0 Å². The van der Waals surface area contributed by atoms with Gasteiger partial charge < -0.3 is 10.4 Å². The minimum atomic E-state index is -4.11. The molecule has 2 rings (SSSR count). The highest BCUT2D eigenvalue weighted by atomic mass is 19.4. The highest BCUT2D eigenvalue weighted by molar-refractivity contribution is 4.86. The van der Waals surface area contributed by atoms with E-state index in [1.165, 1.54) is 4.90 Å². The van der Waals surface area contributed by atoms with Gasteiger partial charge in [-0.05, 0) is 12.8 Å². The second-order valence-electron chi connectivity index (χ2n) is 5.51. The molecule has 2 N–H and O–H groups in total. The second-order valence-corrected chi connectivity index (χ2v) is 5.51. The predicted octanol–water partition coefficient (Wildman–Crippen LogP) is 0.279. The van der Waals surface area contributed by atoms with E-state index < -0.39 is 12.7 Å². The summed E-state index contributed by atoms with van der Waals surface area (Å²) in [5.41, 5.74) is 0. The fourth-order valence-corrected chi connectivity index (χ4v) is 2.44. The van der Waals surface area contributed by atoms with Gasteiger partial charge in [0.15, 0.2) is 0 Å². The van der Waals surface area contributed by atoms with E-state index in [1.54, 1.807) is 0 Å². The lowest BCUT2D eigenvalue weighted by Gasteiger charge is -2.36. The third-order valence-electron chi connectivity index (χ3n) is 3.62. The van der Waals surface area contributed by atoms with Crippen LogP contribution in [0.3, 0.4) is 0 Å². The molecule has 2 fully saturated rings. The smallest absolute Gasteiger partial charge is 0.395 e. The van der Waals surface area contributed by atoms with Crippen LogP contribution in [0.2, 0.25) is 0 Å². The van der Waals surface area contributed by atoms with Gasteiger partial charge in [-0.2, -0.15) is 13.2 Å². The number of hydrogen-bond acceptors (Lipinski definition) is 4. The number of piperazine rings is 1. The van der Waals surface area contributed by atoms with Gasteiger partial charge in [-0.3, -0.25) is 9.80 Å². The molecule has 0 amide bonds. The molecule has 1 heterocycles. The van der Waals surface area contributed by atoms with Crippen LogP contribution in [0.25, 0.3) is 0 Å². The minimum Gasteiger partial charge on any atom is -0.395 e. The van der Waals surface area contributed by atoms with E-state index in [2.05, 4.69) is 10.2 Å². The zero-order valence-corrected chi connectivity index (χ0v) is 11.0. The van der Waals surface area contributed by atoms with E-state index in [0.717, 1.165) is 12.8 Å². The Morgan fingerprint density at radius 3 is 2.16 bits per heavy atom. The van der Waals surface area contributed by atoms with Gasteiger partial charge in [-0.1, -0.05) is 0 Å². The third kappa shape index (κ3) is 5.64. The van der Waals surface area contributed by atoms with Crippen LogP contribution >= 0.6 is 0 Å². The van der Waals surface area contributed by atoms with Gasteiger partial charge in [0.2, 0.25) is 0 Å². The summed E-state index contributed by atoms with van der Waals surface area (Å²) in [7, 11) is 0. The Hall–Kier alpha value is -0.370. The van der Waals surface area contributed by atoms with Crippen molar-refractivity contribution in [3.05, 3.63) is 0 Å². The second kappa shape index (κ2) is 6.39. The number of nitrogens with zero attached hydrogens (tertiary/aromatic N) is 2. The van der Waals surface area contributed by atoms with Crippen molar-refractivity contribution in [2.24, 2.45) is 0 Å². The zero-order valence-electron chi connectivity index (χ0n) is 11.0. The summed E-state index contributed by atoms with van der Waals surface area (Å²) in [4.78, 5) is 3.57. The molecule has 0 aromatic carbocycles. The monoisotopic (exact) mass is 281 g/mol. The molecule has 2 aliphatic rings. The number of rotatable bonds is 6. The molecule has 1 unspecified atom stereocenters. The van der Waals surface area contributed by atoms with Crippen molar-refractivity contribution in [3.8, 4) is 0 Å². The van der Waals surface area contributed by atoms with E-state index in [9.17, 15) is 18.3 Å². The molecule has 0 radical (unpaired) electrons. The van der Waals surface area contributed by atoms with Gasteiger partial charge in [0.05, 0.1) is 13.2 Å². The topological polar surface area (TPSA) is 38.7 Å². The molecule has 0 aromatic heterocycles. The summed E-state index contributed by atoms with van der Waals surface area (Å²) < 4.78 is 36.8. The average Bonchev–Trinajstić information content (AvgIpc) is 3.13. The Balaban J connectivity index is 1.67. The van der Waals surface area contributed by atoms with Crippen molar-refractivity contribution in [2.45, 2.75) is 31.1 Å². The molecule has 112 valence electrons. The first kappa shape index (κ1) is 15.0. The van der Waals surface area contributed by atoms with E-state index in [-0.39, 0.29) is 12.6 Å². The maximum Gasteiger partial charge on any atom is 0.401 e. The van der Waals surface area contributed by atoms with Crippen molar-refractivity contribution in [3.63, 3.8) is 0 Å². The Labute approximate surface area is 111 Å². The van der Waals surface area contributed by atoms with Gasteiger partial charge in [0.1, 0.15) is 0 Å². The number of hydrogen-bond donors (Lipinski definition) is 2. The fraction of sp³-hybridized carbons (Fsp3) is 1.00. The van der Waals surface area contributed by atoms with Crippen molar-refractivity contribution in [2.75, 3.05) is 45.9 Å². The van der Waals surface area contributed by atoms with Gasteiger partial charge in [-0.15, -0.1) is 0 Å². The summed E-state index contributed by atoms with van der Waals surface area (Å²) >= 11 is 0. The first-order valence-electron chi connectivity index (χ1n) is 6.84. The Kier molecular flexibility index (Phi) is 5.05. The number of halogens is 3. The molecule has 19 heavy (non-hydrogen) atoms. The van der Waals surface area contributed by atoms with E-state index in [0.29, 0.717) is 38.8 Å². The standard InChI is InChI=1S/C12H22F3N3O/c13-12(14,15)9-18-5-3-17(4-6-18)7-11(8-19)16-10-1-2-10/h10-11,16,19H,1-9H2. The lowest BCUT2D eigenvalue weighted by atomic mass is 10.2. The molecule has 0 aromatic rings. The highest BCUT2D eigenvalue weighted by Gasteiger charge is 2.32. The van der Waals surface area contributed by atoms with Crippen molar-refractivity contribution >= 4 is 0 Å². The average molecular weight is 281 g/mol. The zero-order chi connectivity index (χ0) is 13.9. The highest BCUT2D eigenvalue weighted by Crippen LogP contribution is 2.20. The van der Waals surface area contributed by atoms with Crippen LogP contribution in [0.5, 0.6) is 0 Å². The lowest BCUT2D eigenvalue weighted by Crippen LogP contribution is -2.53. The van der Waals surface area contributed by atoms with Gasteiger partial charge >= 0.3 is 6.18 Å². The normalized spacial score (nSPS) is 24.6. The maximum atomic E-state index is 12.3. The van der Waals surface area contributed by atoms with Gasteiger partial charge in [0.25, 0.3) is 0 Å². The molecule has 1 atom stereocenters. The van der Waals surface area contributed by atoms with Crippen LogP contribution in [0.1, 0.15) is 12.8 Å². The number of nitrogens with one attached hydrogen (secondary N) is 1. The van der Waals surface area contributed by atoms with Gasteiger partial charge in [0, 0.05) is 44.8 Å². The molecule has 1 saturated carbocycles. The SMILES string of the molecule is OCC(CN1CCN(CC(F)(F)F)CC1)NC1CC1. The summed E-state index contributed by atoms with van der Waals surface area (Å²) in [5, 5.41) is 12.6. The van der Waals surface area contributed by atoms with E-state index in [4.69, 9.17) is 0 Å². The maximum absolute atomic E-state index is 12.3. The molecule has 1 aliphatic carbocycles. The molecule has 0 spiro atoms. The lowest BCUT2D eigenvalue weighted by molar-refractivity contribution is -0.149. The summed E-state index contributed by atoms with van der Waals surface area (Å²) in [6.45, 7) is 2.15. The van der Waals surface area contributed by atoms with Crippen LogP contribution in [-0.4, -0.2) is 79.0 Å². The quantitative estimate of drug-likeness (QED) is 0.733. The number of alkyl halides is 3. The molecule has 7 heteroatoms. The molecule has 4 nitrogen and oxygen atoms in total.